The minimum atomic E-state index is 0.178. The lowest BCUT2D eigenvalue weighted by atomic mass is 9.70. The Morgan fingerprint density at radius 3 is 2.70 bits per heavy atom. The lowest BCUT2D eigenvalue weighted by molar-refractivity contribution is 0.0271. The van der Waals surface area contributed by atoms with E-state index in [9.17, 15) is 5.26 Å². The standard InChI is InChI=1S/C17H22N2O/c1-11-6-8-19-15(13(11)10-18)20-14-9-12-5-7-17(14,4)16(12,2)3/h6,8,12,14H,5,7,9H2,1-4H3. The Bertz CT molecular complexity index is 587. The van der Waals surface area contributed by atoms with Crippen molar-refractivity contribution in [1.82, 2.24) is 4.98 Å². The van der Waals surface area contributed by atoms with Crippen molar-refractivity contribution in [3.8, 4) is 11.9 Å². The summed E-state index contributed by atoms with van der Waals surface area (Å²) in [6.45, 7) is 9.00. The molecule has 0 spiro atoms. The first-order chi connectivity index (χ1) is 9.40. The fraction of sp³-hybridized carbons (Fsp3) is 0.647. The first-order valence-corrected chi connectivity index (χ1v) is 7.42. The fourth-order valence-electron chi connectivity index (χ4n) is 4.20. The number of rotatable bonds is 2. The van der Waals surface area contributed by atoms with Gasteiger partial charge in [0, 0.05) is 11.6 Å². The molecule has 0 aliphatic heterocycles. The topological polar surface area (TPSA) is 45.9 Å². The maximum atomic E-state index is 9.30. The maximum Gasteiger partial charge on any atom is 0.232 e. The minimum absolute atomic E-state index is 0.178. The molecule has 1 aromatic heterocycles. The maximum absolute atomic E-state index is 9.30. The van der Waals surface area contributed by atoms with Crippen molar-refractivity contribution in [1.29, 1.82) is 5.26 Å². The van der Waals surface area contributed by atoms with Crippen molar-refractivity contribution >= 4 is 0 Å². The zero-order valence-corrected chi connectivity index (χ0v) is 12.7. The van der Waals surface area contributed by atoms with Gasteiger partial charge in [-0.1, -0.05) is 20.8 Å². The van der Waals surface area contributed by atoms with Crippen LogP contribution in [0.3, 0.4) is 0 Å². The Labute approximate surface area is 121 Å². The van der Waals surface area contributed by atoms with Gasteiger partial charge in [-0.3, -0.25) is 0 Å². The van der Waals surface area contributed by atoms with Crippen molar-refractivity contribution in [2.75, 3.05) is 0 Å². The number of pyridine rings is 1. The molecule has 3 heteroatoms. The number of ether oxygens (including phenoxy) is 1. The van der Waals surface area contributed by atoms with Gasteiger partial charge in [-0.05, 0) is 49.1 Å². The summed E-state index contributed by atoms with van der Waals surface area (Å²) in [6, 6.07) is 4.09. The van der Waals surface area contributed by atoms with E-state index in [2.05, 4.69) is 31.8 Å². The normalized spacial score (nSPS) is 34.0. The van der Waals surface area contributed by atoms with Gasteiger partial charge >= 0.3 is 0 Å². The number of aromatic nitrogens is 1. The molecule has 1 heterocycles. The number of nitrogens with zero attached hydrogens (tertiary/aromatic N) is 2. The highest BCUT2D eigenvalue weighted by atomic mass is 16.5. The van der Waals surface area contributed by atoms with E-state index in [-0.39, 0.29) is 11.5 Å². The van der Waals surface area contributed by atoms with Crippen LogP contribution in [0.1, 0.15) is 51.2 Å². The zero-order chi connectivity index (χ0) is 14.5. The highest BCUT2D eigenvalue weighted by Gasteiger charge is 2.62. The smallest absolute Gasteiger partial charge is 0.232 e. The molecule has 2 fully saturated rings. The number of nitriles is 1. The van der Waals surface area contributed by atoms with Crippen LogP contribution in [0.2, 0.25) is 0 Å². The summed E-state index contributed by atoms with van der Waals surface area (Å²) in [5.41, 5.74) is 2.02. The molecule has 3 unspecified atom stereocenters. The first kappa shape index (κ1) is 13.4. The summed E-state index contributed by atoms with van der Waals surface area (Å²) in [7, 11) is 0. The molecule has 2 saturated carbocycles. The van der Waals surface area contributed by atoms with Crippen molar-refractivity contribution in [2.24, 2.45) is 16.7 Å². The van der Waals surface area contributed by atoms with Crippen LogP contribution in [0, 0.1) is 35.0 Å². The number of hydrogen-bond donors (Lipinski definition) is 0. The monoisotopic (exact) mass is 270 g/mol. The third-order valence-corrected chi connectivity index (χ3v) is 6.20. The van der Waals surface area contributed by atoms with E-state index in [0.29, 0.717) is 16.9 Å². The van der Waals surface area contributed by atoms with E-state index in [0.717, 1.165) is 17.9 Å². The highest BCUT2D eigenvalue weighted by Crippen LogP contribution is 2.66. The van der Waals surface area contributed by atoms with E-state index in [1.807, 2.05) is 13.0 Å². The Balaban J connectivity index is 1.92. The Morgan fingerprint density at radius 1 is 1.40 bits per heavy atom. The predicted octanol–water partition coefficient (Wildman–Crippen LogP) is 3.86. The molecule has 1 aromatic rings. The predicted molar refractivity (Wildman–Crippen MR) is 77.3 cm³/mol. The molecule has 3 rings (SSSR count). The van der Waals surface area contributed by atoms with Crippen LogP contribution in [0.4, 0.5) is 0 Å². The third kappa shape index (κ3) is 1.60. The fourth-order valence-corrected chi connectivity index (χ4v) is 4.20. The van der Waals surface area contributed by atoms with Gasteiger partial charge < -0.3 is 4.74 Å². The summed E-state index contributed by atoms with van der Waals surface area (Å²) in [5, 5.41) is 9.30. The molecular formula is C17H22N2O. The van der Waals surface area contributed by atoms with Gasteiger partial charge in [-0.2, -0.15) is 5.26 Å². The van der Waals surface area contributed by atoms with Crippen LogP contribution >= 0.6 is 0 Å². The van der Waals surface area contributed by atoms with Crippen molar-refractivity contribution in [3.05, 3.63) is 23.4 Å². The van der Waals surface area contributed by atoms with Gasteiger partial charge in [0.2, 0.25) is 5.88 Å². The molecule has 2 aliphatic carbocycles. The van der Waals surface area contributed by atoms with Crippen molar-refractivity contribution in [3.63, 3.8) is 0 Å². The molecule has 0 aromatic carbocycles. The third-order valence-electron chi connectivity index (χ3n) is 6.20. The molecule has 2 bridgehead atoms. The summed E-state index contributed by atoms with van der Waals surface area (Å²) < 4.78 is 6.22. The van der Waals surface area contributed by atoms with E-state index < -0.39 is 0 Å². The van der Waals surface area contributed by atoms with Gasteiger partial charge in [-0.25, -0.2) is 4.98 Å². The Hall–Kier alpha value is -1.56. The lowest BCUT2D eigenvalue weighted by Gasteiger charge is -2.38. The second kappa shape index (κ2) is 4.22. The van der Waals surface area contributed by atoms with Crippen molar-refractivity contribution < 1.29 is 4.74 Å². The van der Waals surface area contributed by atoms with Crippen LogP contribution in [-0.4, -0.2) is 11.1 Å². The van der Waals surface area contributed by atoms with E-state index in [1.165, 1.54) is 12.8 Å². The largest absolute Gasteiger partial charge is 0.473 e. The molecule has 3 nitrogen and oxygen atoms in total. The summed E-state index contributed by atoms with van der Waals surface area (Å²) in [4.78, 5) is 4.29. The molecule has 106 valence electrons. The molecule has 20 heavy (non-hydrogen) atoms. The zero-order valence-electron chi connectivity index (χ0n) is 12.7. The molecule has 0 saturated heterocycles. The van der Waals surface area contributed by atoms with Gasteiger partial charge in [0.1, 0.15) is 17.7 Å². The number of aryl methyl sites for hydroxylation is 1. The average molecular weight is 270 g/mol. The van der Waals surface area contributed by atoms with Crippen LogP contribution in [0.15, 0.2) is 12.3 Å². The van der Waals surface area contributed by atoms with Gasteiger partial charge in [0.25, 0.3) is 0 Å². The second-order valence-electron chi connectivity index (χ2n) is 7.14. The lowest BCUT2D eigenvalue weighted by Crippen LogP contribution is -2.39. The molecule has 2 aliphatic rings. The Kier molecular flexibility index (Phi) is 2.83. The van der Waals surface area contributed by atoms with Gasteiger partial charge in [0.15, 0.2) is 0 Å². The Morgan fingerprint density at radius 2 is 2.15 bits per heavy atom. The van der Waals surface area contributed by atoms with E-state index in [1.54, 1.807) is 6.20 Å². The van der Waals surface area contributed by atoms with Crippen molar-refractivity contribution in [2.45, 2.75) is 53.1 Å². The van der Waals surface area contributed by atoms with Gasteiger partial charge in [0.05, 0.1) is 0 Å². The summed E-state index contributed by atoms with van der Waals surface area (Å²) in [6.07, 6.45) is 5.51. The summed E-state index contributed by atoms with van der Waals surface area (Å²) >= 11 is 0. The molecule has 0 amide bonds. The molecule has 0 radical (unpaired) electrons. The van der Waals surface area contributed by atoms with Crippen LogP contribution in [0.5, 0.6) is 5.88 Å². The first-order valence-electron chi connectivity index (χ1n) is 7.42. The SMILES string of the molecule is Cc1ccnc(OC2CC3CCC2(C)C3(C)C)c1C#N. The van der Waals surface area contributed by atoms with Crippen LogP contribution in [-0.2, 0) is 0 Å². The molecule has 3 atom stereocenters. The summed E-state index contributed by atoms with van der Waals surface area (Å²) in [5.74, 6) is 1.25. The average Bonchev–Trinajstić information content (AvgIpc) is 2.72. The number of fused-ring (bicyclic) bond motifs is 2. The van der Waals surface area contributed by atoms with Gasteiger partial charge in [-0.15, -0.1) is 0 Å². The van der Waals surface area contributed by atoms with E-state index in [4.69, 9.17) is 4.74 Å². The molecule has 0 N–H and O–H groups in total. The van der Waals surface area contributed by atoms with Crippen LogP contribution < -0.4 is 4.74 Å². The van der Waals surface area contributed by atoms with E-state index >= 15 is 0 Å². The number of hydrogen-bond acceptors (Lipinski definition) is 3. The quantitative estimate of drug-likeness (QED) is 0.820. The molecular weight excluding hydrogens is 248 g/mol. The second-order valence-corrected chi connectivity index (χ2v) is 7.14. The van der Waals surface area contributed by atoms with Crippen LogP contribution in [0.25, 0.3) is 0 Å². The minimum Gasteiger partial charge on any atom is -0.473 e. The highest BCUT2D eigenvalue weighted by molar-refractivity contribution is 5.43.